The molecule has 6 heteroatoms. The third kappa shape index (κ3) is 20.8. The summed E-state index contributed by atoms with van der Waals surface area (Å²) in [5.74, 6) is 0. The first-order valence-corrected chi connectivity index (χ1v) is 9.51. The minimum absolute atomic E-state index is 0. The van der Waals surface area contributed by atoms with Crippen LogP contribution in [0, 0.1) is 0 Å². The van der Waals surface area contributed by atoms with Crippen molar-refractivity contribution >= 4 is 53.8 Å². The van der Waals surface area contributed by atoms with Gasteiger partial charge in [0.25, 0.3) is 0 Å². The first-order valence-electron chi connectivity index (χ1n) is 5.74. The molecule has 0 saturated carbocycles. The van der Waals surface area contributed by atoms with E-state index in [2.05, 4.69) is 4.98 Å². The fourth-order valence-corrected chi connectivity index (χ4v) is 2.57. The number of thiophene rings is 3. The Morgan fingerprint density at radius 2 is 0.870 bits per heavy atom. The number of aromatic nitrogens is 1. The maximum Gasteiger partial charge on any atom is 0.0791 e. The molecule has 1 nitrogen and oxygen atoms in total. The fourth-order valence-electron chi connectivity index (χ4n) is 0.856. The predicted octanol–water partition coefficient (Wildman–Crippen LogP) is 7.52. The van der Waals surface area contributed by atoms with Gasteiger partial charge in [-0.15, -0.1) is 11.3 Å². The summed E-state index contributed by atoms with van der Waals surface area (Å²) in [5.41, 5.74) is 1.79. The van der Waals surface area contributed by atoms with Crippen LogP contribution in [0.25, 0.3) is 0 Å². The van der Waals surface area contributed by atoms with Gasteiger partial charge in [0.1, 0.15) is 0 Å². The first kappa shape index (κ1) is 26.7. The summed E-state index contributed by atoms with van der Waals surface area (Å²) in [4.78, 5) is 3.74. The zero-order valence-electron chi connectivity index (χ0n) is 11.3. The maximum absolute atomic E-state index is 3.74. The Hall–Kier alpha value is -1.21. The molecule has 0 saturated heterocycles. The highest BCUT2D eigenvalue weighted by atomic mass is 32.1. The Kier molecular flexibility index (Phi) is 26.8. The lowest BCUT2D eigenvalue weighted by Gasteiger charge is -1.41. The summed E-state index contributed by atoms with van der Waals surface area (Å²) in [6.07, 6.45) is 1.77. The Bertz CT molecular complexity index is 364. The molecule has 4 aromatic rings. The van der Waals surface area contributed by atoms with E-state index in [-0.39, 0.29) is 24.7 Å². The number of rotatable bonds is 0. The quantitative estimate of drug-likeness (QED) is 0.286. The molecule has 0 amide bonds. The van der Waals surface area contributed by atoms with Gasteiger partial charge < -0.3 is 0 Å². The van der Waals surface area contributed by atoms with Gasteiger partial charge in [-0.2, -0.15) is 34.0 Å². The molecule has 4 heterocycles. The molecule has 0 atom stereocenters. The van der Waals surface area contributed by atoms with Crippen molar-refractivity contribution in [3.63, 3.8) is 0 Å². The second-order valence-corrected chi connectivity index (χ2v) is 6.26. The second-order valence-electron chi connectivity index (χ2n) is 3.06. The van der Waals surface area contributed by atoms with Crippen LogP contribution >= 0.6 is 45.3 Å². The van der Waals surface area contributed by atoms with Gasteiger partial charge in [-0.3, -0.25) is 4.98 Å². The van der Waals surface area contributed by atoms with Gasteiger partial charge in [0.2, 0.25) is 0 Å². The highest BCUT2D eigenvalue weighted by Crippen LogP contribution is 1.92. The van der Waals surface area contributed by atoms with E-state index >= 15 is 0 Å². The minimum Gasteiger partial charge on any atom is -0.253 e. The van der Waals surface area contributed by atoms with Crippen LogP contribution in [0.1, 0.15) is 16.3 Å². The van der Waals surface area contributed by atoms with Crippen LogP contribution in [0.5, 0.6) is 0 Å². The fraction of sp³-hybridized carbons (Fsp3) is 0.118. The molecule has 23 heavy (non-hydrogen) atoms. The standard InChI is InChI=1S/3C4H4S.C3H3NS.2CH4.B.H2/c3*1-2-4-5-3-1;1-2-5-3-4-1;;;;/h3*1-4H;1-3H;2*1H4;;1H/i;;;;;;;1+1. The smallest absolute Gasteiger partial charge is 0.0791 e. The minimum atomic E-state index is 0. The van der Waals surface area contributed by atoms with Crippen LogP contribution in [0.15, 0.2) is 85.8 Å². The Labute approximate surface area is 160 Å². The Morgan fingerprint density at radius 1 is 0.522 bits per heavy atom. The highest BCUT2D eigenvalue weighted by molar-refractivity contribution is 7.08. The van der Waals surface area contributed by atoms with Crippen molar-refractivity contribution in [1.82, 2.24) is 4.98 Å². The van der Waals surface area contributed by atoms with Crippen LogP contribution in [-0.4, -0.2) is 13.4 Å². The lowest BCUT2D eigenvalue weighted by atomic mass is 10.7. The lowest BCUT2D eigenvalue weighted by molar-refractivity contribution is 1.43. The molecule has 0 aliphatic carbocycles. The normalized spacial score (nSPS) is 6.96. The summed E-state index contributed by atoms with van der Waals surface area (Å²) in [6.45, 7) is 0. The van der Waals surface area contributed by atoms with Gasteiger partial charge in [0, 0.05) is 21.4 Å². The zero-order chi connectivity index (χ0) is 14.1. The molecule has 125 valence electrons. The largest absolute Gasteiger partial charge is 0.253 e. The molecule has 0 unspecified atom stereocenters. The number of hydrogen-bond acceptors (Lipinski definition) is 5. The van der Waals surface area contributed by atoms with Gasteiger partial charge in [-0.05, 0) is 32.3 Å². The Morgan fingerprint density at radius 3 is 0.957 bits per heavy atom. The summed E-state index contributed by atoms with van der Waals surface area (Å²) >= 11 is 6.74. The van der Waals surface area contributed by atoms with Crippen LogP contribution in [-0.2, 0) is 0 Å². The van der Waals surface area contributed by atoms with Crippen LogP contribution in [0.3, 0.4) is 0 Å². The summed E-state index contributed by atoms with van der Waals surface area (Å²) in [7, 11) is 0. The number of hydrogen-bond donors (Lipinski definition) is 0. The van der Waals surface area contributed by atoms with Gasteiger partial charge in [0.05, 0.1) is 5.51 Å². The Balaban J connectivity index is -0.000000105. The van der Waals surface area contributed by atoms with Gasteiger partial charge in [-0.1, -0.05) is 51.3 Å². The molecular weight excluding hydrogens is 357 g/mol. The van der Waals surface area contributed by atoms with E-state index < -0.39 is 0 Å². The second kappa shape index (κ2) is 23.1. The molecule has 0 fully saturated rings. The number of thiazole rings is 1. The van der Waals surface area contributed by atoms with Crippen molar-refractivity contribution in [1.29, 1.82) is 0 Å². The van der Waals surface area contributed by atoms with Gasteiger partial charge in [0.15, 0.2) is 0 Å². The van der Waals surface area contributed by atoms with Crippen molar-refractivity contribution in [3.05, 3.63) is 85.8 Å². The highest BCUT2D eigenvalue weighted by Gasteiger charge is 1.60. The van der Waals surface area contributed by atoms with Crippen molar-refractivity contribution in [3.8, 4) is 0 Å². The first-order chi connectivity index (χ1) is 10.0. The molecule has 4 aromatic heterocycles. The van der Waals surface area contributed by atoms with E-state index in [1.807, 2.05) is 74.1 Å². The van der Waals surface area contributed by atoms with E-state index in [1.54, 1.807) is 57.1 Å². The SMILES string of the molecule is C.C.[2HH].[B].c1ccsc1.c1ccsc1.c1ccsc1.c1cscn1. The topological polar surface area (TPSA) is 12.9 Å². The van der Waals surface area contributed by atoms with Crippen molar-refractivity contribution in [2.75, 3.05) is 0 Å². The third-order valence-corrected chi connectivity index (χ3v) is 4.03. The number of nitrogens with zero attached hydrogens (tertiary/aromatic N) is 1. The average Bonchev–Trinajstić information content (AvgIpc) is 3.40. The van der Waals surface area contributed by atoms with Crippen LogP contribution in [0.2, 0.25) is 0 Å². The molecule has 0 aliphatic heterocycles. The lowest BCUT2D eigenvalue weighted by Crippen LogP contribution is -1.38. The van der Waals surface area contributed by atoms with Crippen LogP contribution in [0.4, 0.5) is 0 Å². The summed E-state index contributed by atoms with van der Waals surface area (Å²) in [5, 5.41) is 14.2. The van der Waals surface area contributed by atoms with Crippen LogP contribution < -0.4 is 0 Å². The molecular formula is C17H25BNS4. The molecule has 3 radical (unpaired) electrons. The molecule has 0 aliphatic rings. The molecule has 0 spiro atoms. The van der Waals surface area contributed by atoms with E-state index in [0.717, 1.165) is 0 Å². The van der Waals surface area contributed by atoms with Crippen molar-refractivity contribution in [2.24, 2.45) is 0 Å². The van der Waals surface area contributed by atoms with Crippen molar-refractivity contribution < 1.29 is 1.43 Å². The third-order valence-electron chi connectivity index (χ3n) is 1.62. The summed E-state index contributed by atoms with van der Waals surface area (Å²) < 4.78 is 0. The average molecular weight is 383 g/mol. The van der Waals surface area contributed by atoms with E-state index in [4.69, 9.17) is 0 Å². The predicted molar refractivity (Wildman–Crippen MR) is 116 cm³/mol. The molecule has 4 rings (SSSR count). The van der Waals surface area contributed by atoms with Crippen molar-refractivity contribution in [2.45, 2.75) is 14.9 Å². The summed E-state index contributed by atoms with van der Waals surface area (Å²) in [6, 6.07) is 12.1. The zero-order valence-corrected chi connectivity index (χ0v) is 14.6. The van der Waals surface area contributed by atoms with Gasteiger partial charge >= 0.3 is 0 Å². The van der Waals surface area contributed by atoms with E-state index in [0.29, 0.717) is 0 Å². The molecule has 0 aromatic carbocycles. The molecule has 0 N–H and O–H groups in total. The monoisotopic (exact) mass is 383 g/mol. The van der Waals surface area contributed by atoms with E-state index in [1.165, 1.54) is 0 Å². The van der Waals surface area contributed by atoms with E-state index in [9.17, 15) is 0 Å². The molecule has 0 bridgehead atoms. The van der Waals surface area contributed by atoms with Gasteiger partial charge in [-0.25, -0.2) is 0 Å². The maximum atomic E-state index is 3.74.